The van der Waals surface area contributed by atoms with Gasteiger partial charge in [-0.15, -0.1) is 11.3 Å². The average molecular weight is 277 g/mol. The molecule has 3 rings (SSSR count). The summed E-state index contributed by atoms with van der Waals surface area (Å²) in [6, 6.07) is 4.32. The molecule has 1 atom stereocenters. The van der Waals surface area contributed by atoms with Gasteiger partial charge in [-0.1, -0.05) is 6.07 Å². The monoisotopic (exact) mass is 277 g/mol. The van der Waals surface area contributed by atoms with Crippen LogP contribution in [0.1, 0.15) is 22.1 Å². The number of rotatable bonds is 4. The zero-order valence-electron chi connectivity index (χ0n) is 11.4. The van der Waals surface area contributed by atoms with Crippen molar-refractivity contribution >= 4 is 11.3 Å². The Labute approximate surface area is 117 Å². The maximum Gasteiger partial charge on any atom is 0.0558 e. The number of aryl methyl sites for hydroxylation is 1. The molecule has 0 saturated heterocycles. The molecule has 0 fully saturated rings. The number of hydrogen-bond acceptors (Lipinski definition) is 4. The van der Waals surface area contributed by atoms with Crippen LogP contribution in [0.4, 0.5) is 0 Å². The third-order valence-corrected chi connectivity index (χ3v) is 4.51. The lowest BCUT2D eigenvalue weighted by molar-refractivity contribution is 0.133. The van der Waals surface area contributed by atoms with Crippen LogP contribution in [0, 0.1) is 0 Å². The molecule has 1 aliphatic heterocycles. The Hall–Kier alpha value is -1.17. The smallest absolute Gasteiger partial charge is 0.0558 e. The van der Waals surface area contributed by atoms with Crippen LogP contribution >= 0.6 is 11.3 Å². The number of nitrogens with zero attached hydrogens (tertiary/aromatic N) is 3. The molecule has 2 aromatic rings. The summed E-state index contributed by atoms with van der Waals surface area (Å²) in [7, 11) is 3.80. The number of hydrogen-bond donors (Lipinski definition) is 0. The molecular formula is C14H19N3OS. The number of fused-ring (bicyclic) bond motifs is 1. The molecule has 0 N–H and O–H groups in total. The van der Waals surface area contributed by atoms with Gasteiger partial charge in [0.2, 0.25) is 0 Å². The van der Waals surface area contributed by atoms with E-state index in [1.54, 1.807) is 7.11 Å². The molecule has 0 aromatic carbocycles. The minimum absolute atomic E-state index is 0.418. The van der Waals surface area contributed by atoms with Crippen LogP contribution in [0.25, 0.3) is 0 Å². The molecule has 5 heteroatoms. The number of thiophene rings is 1. The van der Waals surface area contributed by atoms with E-state index in [2.05, 4.69) is 27.5 Å². The zero-order chi connectivity index (χ0) is 13.2. The molecule has 0 spiro atoms. The maximum absolute atomic E-state index is 5.38. The molecule has 0 radical (unpaired) electrons. The van der Waals surface area contributed by atoms with Crippen molar-refractivity contribution in [2.75, 3.05) is 20.3 Å². The molecule has 19 heavy (non-hydrogen) atoms. The largest absolute Gasteiger partial charge is 0.384 e. The fraction of sp³-hybridized carbons (Fsp3) is 0.500. The zero-order valence-corrected chi connectivity index (χ0v) is 12.2. The summed E-state index contributed by atoms with van der Waals surface area (Å²) in [6.07, 6.45) is 2.00. The van der Waals surface area contributed by atoms with Gasteiger partial charge in [-0.25, -0.2) is 0 Å². The Balaban J connectivity index is 1.80. The number of methoxy groups -OCH3 is 1. The lowest BCUT2D eigenvalue weighted by Crippen LogP contribution is -2.35. The first-order chi connectivity index (χ1) is 9.28. The highest BCUT2D eigenvalue weighted by molar-refractivity contribution is 7.09. The van der Waals surface area contributed by atoms with E-state index < -0.39 is 0 Å². The van der Waals surface area contributed by atoms with Crippen molar-refractivity contribution in [3.8, 4) is 0 Å². The summed E-state index contributed by atoms with van der Waals surface area (Å²) in [5, 5.41) is 6.54. The van der Waals surface area contributed by atoms with Gasteiger partial charge in [0.1, 0.15) is 0 Å². The first kappa shape index (κ1) is 12.8. The van der Waals surface area contributed by atoms with Crippen LogP contribution in [-0.2, 0) is 24.9 Å². The van der Waals surface area contributed by atoms with E-state index in [-0.39, 0.29) is 0 Å². The first-order valence-electron chi connectivity index (χ1n) is 6.52. The molecular weight excluding hydrogens is 258 g/mol. The predicted molar refractivity (Wildman–Crippen MR) is 76.3 cm³/mol. The lowest BCUT2D eigenvalue weighted by Gasteiger charge is -2.32. The summed E-state index contributed by atoms with van der Waals surface area (Å²) < 4.78 is 7.38. The third-order valence-electron chi connectivity index (χ3n) is 3.65. The van der Waals surface area contributed by atoms with Crippen molar-refractivity contribution in [1.29, 1.82) is 0 Å². The lowest BCUT2D eigenvalue weighted by atomic mass is 9.97. The van der Waals surface area contributed by atoms with Crippen molar-refractivity contribution in [2.45, 2.75) is 19.0 Å². The van der Waals surface area contributed by atoms with E-state index >= 15 is 0 Å². The highest BCUT2D eigenvalue weighted by Gasteiger charge is 2.28. The van der Waals surface area contributed by atoms with Gasteiger partial charge in [-0.05, 0) is 11.4 Å². The van der Waals surface area contributed by atoms with Gasteiger partial charge in [0, 0.05) is 55.8 Å². The Kier molecular flexibility index (Phi) is 3.68. The number of aromatic nitrogens is 2. The highest BCUT2D eigenvalue weighted by atomic mass is 32.1. The van der Waals surface area contributed by atoms with Gasteiger partial charge >= 0.3 is 0 Å². The van der Waals surface area contributed by atoms with Crippen LogP contribution in [0.2, 0.25) is 0 Å². The van der Waals surface area contributed by atoms with E-state index in [1.165, 1.54) is 16.1 Å². The van der Waals surface area contributed by atoms with Crippen LogP contribution in [0.15, 0.2) is 23.7 Å². The van der Waals surface area contributed by atoms with E-state index in [1.807, 2.05) is 29.3 Å². The quantitative estimate of drug-likeness (QED) is 0.858. The van der Waals surface area contributed by atoms with Crippen molar-refractivity contribution < 1.29 is 4.74 Å². The predicted octanol–water partition coefficient (Wildman–Crippen LogP) is 2.23. The second kappa shape index (κ2) is 5.45. The summed E-state index contributed by atoms with van der Waals surface area (Å²) >= 11 is 1.82. The molecule has 4 nitrogen and oxygen atoms in total. The van der Waals surface area contributed by atoms with Gasteiger partial charge in [0.05, 0.1) is 12.8 Å². The second-order valence-corrected chi connectivity index (χ2v) is 6.11. The molecule has 102 valence electrons. The molecule has 0 amide bonds. The molecule has 0 unspecified atom stereocenters. The Morgan fingerprint density at radius 3 is 3.16 bits per heavy atom. The van der Waals surface area contributed by atoms with E-state index in [0.29, 0.717) is 5.92 Å². The molecule has 2 aromatic heterocycles. The first-order valence-corrected chi connectivity index (χ1v) is 7.40. The van der Waals surface area contributed by atoms with Crippen molar-refractivity contribution in [3.05, 3.63) is 39.8 Å². The maximum atomic E-state index is 5.38. The second-order valence-electron chi connectivity index (χ2n) is 5.08. The van der Waals surface area contributed by atoms with Gasteiger partial charge < -0.3 is 4.74 Å². The molecule has 0 bridgehead atoms. The van der Waals surface area contributed by atoms with Crippen LogP contribution in [0.5, 0.6) is 0 Å². The Bertz CT molecular complexity index is 535. The summed E-state index contributed by atoms with van der Waals surface area (Å²) in [4.78, 5) is 3.91. The van der Waals surface area contributed by atoms with E-state index in [9.17, 15) is 0 Å². The minimum Gasteiger partial charge on any atom is -0.384 e. The van der Waals surface area contributed by atoms with Gasteiger partial charge in [-0.3, -0.25) is 9.58 Å². The molecule has 1 aliphatic rings. The summed E-state index contributed by atoms with van der Waals surface area (Å²) in [5.74, 6) is 0.418. The Morgan fingerprint density at radius 1 is 1.53 bits per heavy atom. The average Bonchev–Trinajstić information content (AvgIpc) is 3.00. The number of ether oxygens (including phenoxy) is 1. The fourth-order valence-corrected chi connectivity index (χ4v) is 3.67. The van der Waals surface area contributed by atoms with Gasteiger partial charge in [0.15, 0.2) is 0 Å². The summed E-state index contributed by atoms with van der Waals surface area (Å²) in [5.41, 5.74) is 2.68. The fourth-order valence-electron chi connectivity index (χ4n) is 2.92. The molecule has 3 heterocycles. The topological polar surface area (TPSA) is 30.3 Å². The minimum atomic E-state index is 0.418. The van der Waals surface area contributed by atoms with Crippen LogP contribution < -0.4 is 0 Å². The highest BCUT2D eigenvalue weighted by Crippen LogP contribution is 2.29. The summed E-state index contributed by atoms with van der Waals surface area (Å²) in [6.45, 7) is 3.80. The third kappa shape index (κ3) is 2.59. The van der Waals surface area contributed by atoms with Crippen LogP contribution in [0.3, 0.4) is 0 Å². The normalized spacial score (nSPS) is 19.6. The van der Waals surface area contributed by atoms with Crippen molar-refractivity contribution in [3.63, 3.8) is 0 Å². The SMILES string of the molecule is COC[C@@H]1CN(Cc2cccs2)Cc2cnn(C)c21. The van der Waals surface area contributed by atoms with Crippen LogP contribution in [-0.4, -0.2) is 34.9 Å². The van der Waals surface area contributed by atoms with E-state index in [0.717, 1.165) is 26.2 Å². The van der Waals surface area contributed by atoms with Gasteiger partial charge in [0.25, 0.3) is 0 Å². The van der Waals surface area contributed by atoms with Crippen molar-refractivity contribution in [1.82, 2.24) is 14.7 Å². The molecule has 0 aliphatic carbocycles. The van der Waals surface area contributed by atoms with Crippen molar-refractivity contribution in [2.24, 2.45) is 7.05 Å². The standard InChI is InChI=1S/C14H19N3OS/c1-16-14-11(6-15-16)7-17(8-12(14)10-18-2)9-13-4-3-5-19-13/h3-6,12H,7-10H2,1-2H3/t12-/m0/s1. The molecule has 0 saturated carbocycles. The Morgan fingerprint density at radius 2 is 2.42 bits per heavy atom. The van der Waals surface area contributed by atoms with Gasteiger partial charge in [-0.2, -0.15) is 5.10 Å². The van der Waals surface area contributed by atoms with E-state index in [4.69, 9.17) is 4.74 Å².